The second kappa shape index (κ2) is 6.54. The van der Waals surface area contributed by atoms with Crippen molar-refractivity contribution in [3.8, 4) is 0 Å². The zero-order chi connectivity index (χ0) is 14.4. The fourth-order valence-electron chi connectivity index (χ4n) is 0.871. The monoisotopic (exact) mass is 258 g/mol. The predicted molar refractivity (Wildman–Crippen MR) is 66.8 cm³/mol. The molecule has 104 valence electrons. The Morgan fingerprint density at radius 3 is 2.17 bits per heavy atom. The largest absolute Gasteiger partial charge is 0.465 e. The number of ether oxygens (including phenoxy) is 2. The number of hydrogen-bond donors (Lipinski definition) is 1. The van der Waals surface area contributed by atoms with Crippen molar-refractivity contribution in [3.63, 3.8) is 0 Å². The lowest BCUT2D eigenvalue weighted by Gasteiger charge is -2.26. The van der Waals surface area contributed by atoms with Gasteiger partial charge in [-0.15, -0.1) is 0 Å². The number of hydrogen-bond acceptors (Lipinski definition) is 5. The van der Waals surface area contributed by atoms with E-state index in [0.29, 0.717) is 0 Å². The molecular weight excluding hydrogens is 236 g/mol. The average Bonchev–Trinajstić information content (AvgIpc) is 2.33. The second-order valence-electron chi connectivity index (χ2n) is 5.59. The Bertz CT molecular complexity index is 317. The summed E-state index contributed by atoms with van der Waals surface area (Å²) in [6, 6.07) is 0. The molecule has 0 radical (unpaired) electrons. The highest BCUT2D eigenvalue weighted by atomic mass is 16.6. The molecule has 0 saturated heterocycles. The first-order valence-corrected chi connectivity index (χ1v) is 5.72. The van der Waals surface area contributed by atoms with Gasteiger partial charge in [0.25, 0.3) is 0 Å². The Morgan fingerprint density at radius 2 is 1.72 bits per heavy atom. The molecule has 0 atom stereocenters. The number of aliphatic hydroxyl groups excluding tert-OH is 1. The van der Waals surface area contributed by atoms with E-state index in [0.717, 1.165) is 6.08 Å². The summed E-state index contributed by atoms with van der Waals surface area (Å²) >= 11 is 0. The van der Waals surface area contributed by atoms with Gasteiger partial charge in [0.05, 0.1) is 18.6 Å². The lowest BCUT2D eigenvalue weighted by Crippen LogP contribution is -2.35. The fraction of sp³-hybridized carbons (Fsp3) is 0.692. The number of carbonyl (C=O) groups is 2. The van der Waals surface area contributed by atoms with Crippen LogP contribution in [0.15, 0.2) is 12.7 Å². The molecule has 18 heavy (non-hydrogen) atoms. The van der Waals surface area contributed by atoms with Crippen LogP contribution in [-0.2, 0) is 19.1 Å². The molecule has 0 amide bonds. The molecule has 1 N–H and O–H groups in total. The van der Waals surface area contributed by atoms with Gasteiger partial charge in [0.15, 0.2) is 0 Å². The summed E-state index contributed by atoms with van der Waals surface area (Å²) in [5, 5.41) is 9.05. The molecule has 0 rings (SSSR count). The van der Waals surface area contributed by atoms with Gasteiger partial charge in [-0.25, -0.2) is 4.79 Å². The van der Waals surface area contributed by atoms with Crippen LogP contribution in [0.4, 0.5) is 0 Å². The number of rotatable bonds is 7. The van der Waals surface area contributed by atoms with E-state index in [1.54, 1.807) is 27.7 Å². The maximum atomic E-state index is 11.8. The van der Waals surface area contributed by atoms with E-state index >= 15 is 0 Å². The molecule has 0 aliphatic carbocycles. The van der Waals surface area contributed by atoms with Crippen LogP contribution in [0, 0.1) is 10.8 Å². The Hall–Kier alpha value is -1.36. The van der Waals surface area contributed by atoms with Crippen LogP contribution in [-0.4, -0.2) is 36.9 Å². The third-order valence-corrected chi connectivity index (χ3v) is 2.32. The molecule has 0 aliphatic heterocycles. The van der Waals surface area contributed by atoms with E-state index in [4.69, 9.17) is 14.6 Å². The molecular formula is C13H22O5. The van der Waals surface area contributed by atoms with Gasteiger partial charge in [-0.1, -0.05) is 20.4 Å². The molecule has 0 spiro atoms. The molecule has 0 aromatic heterocycles. The van der Waals surface area contributed by atoms with Gasteiger partial charge in [0, 0.05) is 11.5 Å². The lowest BCUT2D eigenvalue weighted by atomic mass is 9.94. The minimum Gasteiger partial charge on any atom is -0.465 e. The van der Waals surface area contributed by atoms with Gasteiger partial charge in [-0.2, -0.15) is 0 Å². The SMILES string of the molecule is C=CC(=O)OCC(C)(C)C(=O)OCC(C)(C)CO. The molecule has 5 nitrogen and oxygen atoms in total. The minimum atomic E-state index is -0.926. The Kier molecular flexibility index (Phi) is 6.05. The van der Waals surface area contributed by atoms with Gasteiger partial charge in [-0.05, 0) is 13.8 Å². The summed E-state index contributed by atoms with van der Waals surface area (Å²) in [6.45, 7) is 10.0. The molecule has 0 aromatic carbocycles. The van der Waals surface area contributed by atoms with Crippen molar-refractivity contribution in [2.24, 2.45) is 10.8 Å². The number of carbonyl (C=O) groups excluding carboxylic acids is 2. The Labute approximate surface area is 108 Å². The summed E-state index contributed by atoms with van der Waals surface area (Å²) < 4.78 is 9.94. The smallest absolute Gasteiger partial charge is 0.330 e. The predicted octanol–water partition coefficient (Wildman–Crippen LogP) is 1.30. The Balaban J connectivity index is 4.30. The first-order valence-electron chi connectivity index (χ1n) is 5.72. The van der Waals surface area contributed by atoms with Crippen molar-refractivity contribution in [2.45, 2.75) is 27.7 Å². The minimum absolute atomic E-state index is 0.0732. The van der Waals surface area contributed by atoms with Gasteiger partial charge in [0.1, 0.15) is 6.61 Å². The second-order valence-corrected chi connectivity index (χ2v) is 5.59. The summed E-state index contributed by atoms with van der Waals surface area (Å²) in [7, 11) is 0. The summed E-state index contributed by atoms with van der Waals surface area (Å²) in [5.41, 5.74) is -1.41. The highest BCUT2D eigenvalue weighted by Gasteiger charge is 2.32. The van der Waals surface area contributed by atoms with Crippen molar-refractivity contribution in [3.05, 3.63) is 12.7 Å². The average molecular weight is 258 g/mol. The fourth-order valence-corrected chi connectivity index (χ4v) is 0.871. The van der Waals surface area contributed by atoms with Crippen LogP contribution in [0.3, 0.4) is 0 Å². The van der Waals surface area contributed by atoms with Gasteiger partial charge < -0.3 is 14.6 Å². The normalized spacial score (nSPS) is 11.8. The molecule has 0 saturated carbocycles. The van der Waals surface area contributed by atoms with Gasteiger partial charge in [0.2, 0.25) is 0 Å². The Morgan fingerprint density at radius 1 is 1.17 bits per heavy atom. The van der Waals surface area contributed by atoms with E-state index in [9.17, 15) is 9.59 Å². The van der Waals surface area contributed by atoms with Crippen LogP contribution in [0.5, 0.6) is 0 Å². The van der Waals surface area contributed by atoms with E-state index in [1.165, 1.54) is 0 Å². The zero-order valence-corrected chi connectivity index (χ0v) is 11.5. The van der Waals surface area contributed by atoms with E-state index in [-0.39, 0.29) is 19.8 Å². The maximum Gasteiger partial charge on any atom is 0.330 e. The first-order chi connectivity index (χ1) is 8.14. The topological polar surface area (TPSA) is 72.8 Å². The van der Waals surface area contributed by atoms with Crippen molar-refractivity contribution < 1.29 is 24.2 Å². The lowest BCUT2D eigenvalue weighted by molar-refractivity contribution is -0.163. The summed E-state index contributed by atoms with van der Waals surface area (Å²) in [6.07, 6.45) is 1.04. The van der Waals surface area contributed by atoms with Crippen molar-refractivity contribution >= 4 is 11.9 Å². The van der Waals surface area contributed by atoms with Crippen LogP contribution < -0.4 is 0 Å². The maximum absolute atomic E-state index is 11.8. The van der Waals surface area contributed by atoms with E-state index < -0.39 is 22.8 Å². The molecule has 0 aliphatic rings. The number of aliphatic hydroxyl groups is 1. The summed E-state index contributed by atoms with van der Waals surface area (Å²) in [4.78, 5) is 22.7. The molecule has 0 aromatic rings. The van der Waals surface area contributed by atoms with Crippen molar-refractivity contribution in [1.82, 2.24) is 0 Å². The zero-order valence-electron chi connectivity index (χ0n) is 11.5. The van der Waals surface area contributed by atoms with Gasteiger partial charge >= 0.3 is 11.9 Å². The van der Waals surface area contributed by atoms with E-state index in [1.807, 2.05) is 0 Å². The molecule has 0 heterocycles. The quantitative estimate of drug-likeness (QED) is 0.550. The van der Waals surface area contributed by atoms with Crippen molar-refractivity contribution in [1.29, 1.82) is 0 Å². The highest BCUT2D eigenvalue weighted by molar-refractivity contribution is 5.82. The third kappa shape index (κ3) is 5.82. The molecule has 0 fully saturated rings. The van der Waals surface area contributed by atoms with Crippen LogP contribution in [0.2, 0.25) is 0 Å². The molecule has 0 unspecified atom stereocenters. The van der Waals surface area contributed by atoms with Crippen LogP contribution in [0.25, 0.3) is 0 Å². The molecule has 5 heteroatoms. The van der Waals surface area contributed by atoms with Crippen LogP contribution in [0.1, 0.15) is 27.7 Å². The van der Waals surface area contributed by atoms with Gasteiger partial charge in [-0.3, -0.25) is 4.79 Å². The standard InChI is InChI=1S/C13H22O5/c1-6-10(15)17-9-13(4,5)11(16)18-8-12(2,3)7-14/h6,14H,1,7-9H2,2-5H3. The molecule has 0 bridgehead atoms. The van der Waals surface area contributed by atoms with Crippen LogP contribution >= 0.6 is 0 Å². The van der Waals surface area contributed by atoms with Crippen molar-refractivity contribution in [2.75, 3.05) is 19.8 Å². The summed E-state index contributed by atoms with van der Waals surface area (Å²) in [5.74, 6) is -1.05. The first kappa shape index (κ1) is 16.6. The van der Waals surface area contributed by atoms with E-state index in [2.05, 4.69) is 6.58 Å². The third-order valence-electron chi connectivity index (χ3n) is 2.32. The number of esters is 2. The highest BCUT2D eigenvalue weighted by Crippen LogP contribution is 2.21.